The van der Waals surface area contributed by atoms with Gasteiger partial charge >= 0.3 is 0 Å². The van der Waals surface area contributed by atoms with Crippen LogP contribution in [0.25, 0.3) is 0 Å². The minimum absolute atomic E-state index is 0.0598. The molecule has 2 aromatic rings. The van der Waals surface area contributed by atoms with Gasteiger partial charge in [-0.15, -0.1) is 0 Å². The zero-order chi connectivity index (χ0) is 24.0. The van der Waals surface area contributed by atoms with E-state index >= 15 is 0 Å². The summed E-state index contributed by atoms with van der Waals surface area (Å²) in [5.41, 5.74) is 4.59. The molecule has 0 saturated carbocycles. The van der Waals surface area contributed by atoms with Crippen molar-refractivity contribution < 1.29 is 19.4 Å². The van der Waals surface area contributed by atoms with E-state index in [-0.39, 0.29) is 17.6 Å². The number of carbonyl (C=O) groups is 1. The van der Waals surface area contributed by atoms with E-state index in [0.29, 0.717) is 50.3 Å². The molecule has 0 spiro atoms. The first-order chi connectivity index (χ1) is 15.7. The highest BCUT2D eigenvalue weighted by Crippen LogP contribution is 2.39. The van der Waals surface area contributed by atoms with Gasteiger partial charge in [0.05, 0.1) is 13.2 Å². The minimum atomic E-state index is -0.164. The van der Waals surface area contributed by atoms with Gasteiger partial charge in [0.15, 0.2) is 11.5 Å². The van der Waals surface area contributed by atoms with Crippen LogP contribution >= 0.6 is 0 Å². The SMILES string of the molecule is Cc1ccc(C)c(CNCC(C)C(=O)N(Cc2cc(O)c3c(c2)OCCCO3)CC(C)C)c1. The van der Waals surface area contributed by atoms with Gasteiger partial charge in [-0.1, -0.05) is 44.5 Å². The Labute approximate surface area is 197 Å². The van der Waals surface area contributed by atoms with Gasteiger partial charge in [0, 0.05) is 38.5 Å². The quantitative estimate of drug-likeness (QED) is 0.580. The number of carbonyl (C=O) groups excluding carboxylic acids is 1. The number of aromatic hydroxyl groups is 1. The molecule has 3 rings (SSSR count). The highest BCUT2D eigenvalue weighted by atomic mass is 16.5. The summed E-state index contributed by atoms with van der Waals surface area (Å²) in [5.74, 6) is 1.26. The molecule has 0 saturated heterocycles. The summed E-state index contributed by atoms with van der Waals surface area (Å²) < 4.78 is 11.4. The summed E-state index contributed by atoms with van der Waals surface area (Å²) in [4.78, 5) is 15.2. The molecule has 1 heterocycles. The second-order valence-corrected chi connectivity index (χ2v) is 9.57. The van der Waals surface area contributed by atoms with Crippen molar-refractivity contribution in [3.05, 3.63) is 52.6 Å². The van der Waals surface area contributed by atoms with Crippen molar-refractivity contribution in [1.82, 2.24) is 10.2 Å². The van der Waals surface area contributed by atoms with Crippen LogP contribution in [-0.4, -0.2) is 42.2 Å². The molecule has 6 heteroatoms. The van der Waals surface area contributed by atoms with Gasteiger partial charge in [-0.2, -0.15) is 0 Å². The third kappa shape index (κ3) is 6.87. The van der Waals surface area contributed by atoms with Crippen LogP contribution in [0.2, 0.25) is 0 Å². The molecule has 1 atom stereocenters. The zero-order valence-corrected chi connectivity index (χ0v) is 20.6. The van der Waals surface area contributed by atoms with Crippen molar-refractivity contribution in [2.24, 2.45) is 11.8 Å². The third-order valence-corrected chi connectivity index (χ3v) is 5.85. The number of nitrogens with zero attached hydrogens (tertiary/aromatic N) is 1. The van der Waals surface area contributed by atoms with E-state index in [4.69, 9.17) is 9.47 Å². The molecule has 0 aliphatic carbocycles. The van der Waals surface area contributed by atoms with E-state index in [1.54, 1.807) is 6.07 Å². The molecule has 33 heavy (non-hydrogen) atoms. The highest BCUT2D eigenvalue weighted by molar-refractivity contribution is 5.78. The van der Waals surface area contributed by atoms with Crippen LogP contribution in [0.15, 0.2) is 30.3 Å². The van der Waals surface area contributed by atoms with Crippen molar-refractivity contribution >= 4 is 5.91 Å². The second kappa shape index (κ2) is 11.4. The number of hydrogen-bond donors (Lipinski definition) is 2. The fraction of sp³-hybridized carbons (Fsp3) is 0.519. The fourth-order valence-corrected chi connectivity index (χ4v) is 4.11. The Morgan fingerprint density at radius 2 is 1.88 bits per heavy atom. The summed E-state index contributed by atoms with van der Waals surface area (Å²) in [6.45, 7) is 13.9. The average Bonchev–Trinajstić information content (AvgIpc) is 3.00. The maximum atomic E-state index is 13.3. The molecular weight excluding hydrogens is 416 g/mol. The van der Waals surface area contributed by atoms with Gasteiger partial charge in [0.1, 0.15) is 0 Å². The molecule has 1 amide bonds. The van der Waals surface area contributed by atoms with Gasteiger partial charge in [-0.05, 0) is 48.6 Å². The predicted octanol–water partition coefficient (Wildman–Crippen LogP) is 4.58. The van der Waals surface area contributed by atoms with Crippen molar-refractivity contribution in [1.29, 1.82) is 0 Å². The molecule has 0 bridgehead atoms. The molecule has 1 unspecified atom stereocenters. The first kappa shape index (κ1) is 24.9. The Kier molecular flexibility index (Phi) is 8.61. The van der Waals surface area contributed by atoms with Gasteiger partial charge < -0.3 is 24.8 Å². The maximum Gasteiger partial charge on any atom is 0.226 e. The number of phenolic OH excluding ortho intramolecular Hbond substituents is 1. The molecule has 0 fully saturated rings. The van der Waals surface area contributed by atoms with E-state index in [1.165, 1.54) is 16.7 Å². The summed E-state index contributed by atoms with van der Waals surface area (Å²) >= 11 is 0. The number of ether oxygens (including phenoxy) is 2. The Morgan fingerprint density at radius 1 is 1.12 bits per heavy atom. The first-order valence-corrected chi connectivity index (χ1v) is 11.9. The summed E-state index contributed by atoms with van der Waals surface area (Å²) in [6.07, 6.45) is 0.772. The third-order valence-electron chi connectivity index (χ3n) is 5.85. The Balaban J connectivity index is 1.66. The summed E-state index contributed by atoms with van der Waals surface area (Å²) in [7, 11) is 0. The molecule has 6 nitrogen and oxygen atoms in total. The molecule has 0 radical (unpaired) electrons. The summed E-state index contributed by atoms with van der Waals surface area (Å²) in [5, 5.41) is 13.9. The smallest absolute Gasteiger partial charge is 0.226 e. The van der Waals surface area contributed by atoms with Crippen LogP contribution in [0.5, 0.6) is 17.2 Å². The van der Waals surface area contributed by atoms with Gasteiger partial charge in [0.25, 0.3) is 0 Å². The predicted molar refractivity (Wildman–Crippen MR) is 131 cm³/mol. The lowest BCUT2D eigenvalue weighted by atomic mass is 10.0. The van der Waals surface area contributed by atoms with Gasteiger partial charge in [0.2, 0.25) is 11.7 Å². The zero-order valence-electron chi connectivity index (χ0n) is 20.6. The fourth-order valence-electron chi connectivity index (χ4n) is 4.11. The van der Waals surface area contributed by atoms with Crippen LogP contribution < -0.4 is 14.8 Å². The molecule has 2 N–H and O–H groups in total. The van der Waals surface area contributed by atoms with Crippen LogP contribution in [0.1, 0.15) is 49.4 Å². The topological polar surface area (TPSA) is 71.0 Å². The maximum absolute atomic E-state index is 13.3. The number of rotatable bonds is 9. The minimum Gasteiger partial charge on any atom is -0.504 e. The molecule has 180 valence electrons. The van der Waals surface area contributed by atoms with Crippen molar-refractivity contribution in [2.45, 2.75) is 54.1 Å². The number of phenols is 1. The normalized spacial score (nSPS) is 14.1. The average molecular weight is 455 g/mol. The standard InChI is InChI=1S/C27H38N2O4/c1-18(2)16-29(17-22-12-24(30)26-25(13-22)32-9-6-10-33-26)27(31)21(5)14-28-15-23-11-19(3)7-8-20(23)4/h7-8,11-13,18,21,28,30H,6,9-10,14-17H2,1-5H3. The lowest BCUT2D eigenvalue weighted by molar-refractivity contribution is -0.136. The molecule has 1 aliphatic rings. The van der Waals surface area contributed by atoms with Crippen LogP contribution in [0.3, 0.4) is 0 Å². The van der Waals surface area contributed by atoms with E-state index < -0.39 is 0 Å². The van der Waals surface area contributed by atoms with Gasteiger partial charge in [-0.25, -0.2) is 0 Å². The molecule has 1 aliphatic heterocycles. The van der Waals surface area contributed by atoms with Crippen LogP contribution in [0.4, 0.5) is 0 Å². The Hall–Kier alpha value is -2.73. The number of benzene rings is 2. The highest BCUT2D eigenvalue weighted by Gasteiger charge is 2.23. The van der Waals surface area contributed by atoms with E-state index in [0.717, 1.165) is 18.5 Å². The first-order valence-electron chi connectivity index (χ1n) is 11.9. The molecular formula is C27H38N2O4. The number of nitrogens with one attached hydrogen (secondary N) is 1. The lowest BCUT2D eigenvalue weighted by Crippen LogP contribution is -2.40. The Bertz CT molecular complexity index is 957. The van der Waals surface area contributed by atoms with Crippen molar-refractivity contribution in [3.63, 3.8) is 0 Å². The Morgan fingerprint density at radius 3 is 2.64 bits per heavy atom. The monoisotopic (exact) mass is 454 g/mol. The van der Waals surface area contributed by atoms with Gasteiger partial charge in [-0.3, -0.25) is 4.79 Å². The van der Waals surface area contributed by atoms with E-state index in [2.05, 4.69) is 51.2 Å². The van der Waals surface area contributed by atoms with Crippen LogP contribution in [-0.2, 0) is 17.9 Å². The van der Waals surface area contributed by atoms with Crippen LogP contribution in [0, 0.1) is 25.7 Å². The van der Waals surface area contributed by atoms with E-state index in [1.807, 2.05) is 17.9 Å². The van der Waals surface area contributed by atoms with E-state index in [9.17, 15) is 9.90 Å². The number of aryl methyl sites for hydroxylation is 2. The number of hydrogen-bond acceptors (Lipinski definition) is 5. The summed E-state index contributed by atoms with van der Waals surface area (Å²) in [6, 6.07) is 10.0. The molecule has 0 aromatic heterocycles. The number of fused-ring (bicyclic) bond motifs is 1. The molecule has 2 aromatic carbocycles. The lowest BCUT2D eigenvalue weighted by Gasteiger charge is -2.28. The van der Waals surface area contributed by atoms with Crippen molar-refractivity contribution in [2.75, 3.05) is 26.3 Å². The largest absolute Gasteiger partial charge is 0.504 e. The number of amides is 1. The second-order valence-electron chi connectivity index (χ2n) is 9.57. The van der Waals surface area contributed by atoms with Crippen molar-refractivity contribution in [3.8, 4) is 17.2 Å².